The normalized spacial score (nSPS) is 14.9. The summed E-state index contributed by atoms with van der Waals surface area (Å²) in [6.45, 7) is 5.90. The van der Waals surface area contributed by atoms with E-state index in [1.807, 2.05) is 93.6 Å². The molecule has 1 aliphatic rings. The second-order valence-corrected chi connectivity index (χ2v) is 8.35. The molecule has 2 N–H and O–H groups in total. The lowest BCUT2D eigenvalue weighted by Crippen LogP contribution is -2.31. The van der Waals surface area contributed by atoms with E-state index >= 15 is 0 Å². The molecule has 34 heavy (non-hydrogen) atoms. The zero-order valence-corrected chi connectivity index (χ0v) is 19.2. The summed E-state index contributed by atoms with van der Waals surface area (Å²) in [7, 11) is 0. The van der Waals surface area contributed by atoms with E-state index in [1.54, 1.807) is 4.68 Å². The first-order valence-electron chi connectivity index (χ1n) is 11.1. The van der Waals surface area contributed by atoms with Gasteiger partial charge in [-0.1, -0.05) is 48.0 Å². The number of carbonyl (C=O) groups is 1. The van der Waals surface area contributed by atoms with Crippen molar-refractivity contribution in [3.8, 4) is 11.5 Å². The predicted molar refractivity (Wildman–Crippen MR) is 132 cm³/mol. The van der Waals surface area contributed by atoms with Crippen LogP contribution >= 0.6 is 0 Å². The SMILES string of the molecule is CC1=C(C(=O)Nc2ccc(C)cc2C)C(c2cccc(Oc3ccccc3)c2)n2ncnc2N1. The molecule has 0 saturated carbocycles. The minimum atomic E-state index is -0.469. The van der Waals surface area contributed by atoms with Gasteiger partial charge in [0.2, 0.25) is 5.95 Å². The van der Waals surface area contributed by atoms with Gasteiger partial charge in [-0.05, 0) is 62.2 Å². The number of nitrogens with zero attached hydrogens (tertiary/aromatic N) is 3. The monoisotopic (exact) mass is 451 g/mol. The molecule has 1 amide bonds. The van der Waals surface area contributed by atoms with Gasteiger partial charge in [-0.25, -0.2) is 4.68 Å². The van der Waals surface area contributed by atoms with Crippen molar-refractivity contribution in [1.29, 1.82) is 0 Å². The number of carbonyl (C=O) groups excluding carboxylic acids is 1. The molecule has 4 aromatic rings. The van der Waals surface area contributed by atoms with Gasteiger partial charge in [-0.15, -0.1) is 0 Å². The van der Waals surface area contributed by atoms with Gasteiger partial charge in [-0.3, -0.25) is 4.79 Å². The second kappa shape index (κ2) is 8.86. The van der Waals surface area contributed by atoms with Crippen molar-refractivity contribution in [3.63, 3.8) is 0 Å². The second-order valence-electron chi connectivity index (χ2n) is 8.35. The van der Waals surface area contributed by atoms with Crippen molar-refractivity contribution in [3.05, 3.63) is 107 Å². The lowest BCUT2D eigenvalue weighted by Gasteiger charge is -2.29. The number of fused-ring (bicyclic) bond motifs is 1. The Morgan fingerprint density at radius 1 is 0.971 bits per heavy atom. The molecule has 3 aromatic carbocycles. The lowest BCUT2D eigenvalue weighted by molar-refractivity contribution is -0.113. The van der Waals surface area contributed by atoms with E-state index in [9.17, 15) is 4.79 Å². The van der Waals surface area contributed by atoms with Gasteiger partial charge in [0.1, 0.15) is 23.9 Å². The highest BCUT2D eigenvalue weighted by atomic mass is 16.5. The number of aryl methyl sites for hydroxylation is 2. The number of anilines is 2. The van der Waals surface area contributed by atoms with Gasteiger partial charge >= 0.3 is 0 Å². The van der Waals surface area contributed by atoms with Gasteiger partial charge in [0.15, 0.2) is 0 Å². The maximum atomic E-state index is 13.6. The van der Waals surface area contributed by atoms with Crippen molar-refractivity contribution in [2.24, 2.45) is 0 Å². The van der Waals surface area contributed by atoms with E-state index in [0.717, 1.165) is 33.8 Å². The first-order valence-corrected chi connectivity index (χ1v) is 11.1. The van der Waals surface area contributed by atoms with Gasteiger partial charge < -0.3 is 15.4 Å². The molecule has 7 heteroatoms. The Balaban J connectivity index is 1.52. The van der Waals surface area contributed by atoms with Crippen LogP contribution in [-0.4, -0.2) is 20.7 Å². The first-order chi connectivity index (χ1) is 16.5. The summed E-state index contributed by atoms with van der Waals surface area (Å²) in [6.07, 6.45) is 1.48. The van der Waals surface area contributed by atoms with Crippen LogP contribution in [0.1, 0.15) is 29.7 Å². The molecule has 1 aromatic heterocycles. The minimum absolute atomic E-state index is 0.197. The maximum absolute atomic E-state index is 13.6. The van der Waals surface area contributed by atoms with E-state index in [0.29, 0.717) is 17.3 Å². The Bertz CT molecular complexity index is 1390. The molecule has 1 atom stereocenters. The van der Waals surface area contributed by atoms with E-state index in [2.05, 4.69) is 20.7 Å². The van der Waals surface area contributed by atoms with Crippen LogP contribution in [0.5, 0.6) is 11.5 Å². The van der Waals surface area contributed by atoms with Crippen molar-refractivity contribution >= 4 is 17.5 Å². The van der Waals surface area contributed by atoms with E-state index in [4.69, 9.17) is 4.74 Å². The quantitative estimate of drug-likeness (QED) is 0.412. The molecule has 0 fully saturated rings. The average molecular weight is 452 g/mol. The summed E-state index contributed by atoms with van der Waals surface area (Å²) < 4.78 is 7.77. The summed E-state index contributed by atoms with van der Waals surface area (Å²) >= 11 is 0. The molecule has 5 rings (SSSR count). The number of nitrogens with one attached hydrogen (secondary N) is 2. The fraction of sp³-hybridized carbons (Fsp3) is 0.148. The number of rotatable bonds is 5. The molecule has 1 aliphatic heterocycles. The summed E-state index contributed by atoms with van der Waals surface area (Å²) in [5.41, 5.74) is 5.08. The standard InChI is InChI=1S/C27H25N5O2/c1-17-12-13-23(18(2)14-17)31-26(33)24-19(3)30-27-28-16-29-32(27)25(24)20-8-7-11-22(15-20)34-21-9-5-4-6-10-21/h4-16,25H,1-3H3,(H,31,33)(H,28,29,30). The molecule has 0 aliphatic carbocycles. The highest BCUT2D eigenvalue weighted by molar-refractivity contribution is 6.06. The molecule has 0 radical (unpaired) electrons. The molecular formula is C27H25N5O2. The molecule has 0 bridgehead atoms. The Kier molecular flexibility index (Phi) is 5.59. The Morgan fingerprint density at radius 2 is 1.76 bits per heavy atom. The van der Waals surface area contributed by atoms with Gasteiger partial charge in [0.25, 0.3) is 5.91 Å². The molecule has 2 heterocycles. The Labute approximate surface area is 198 Å². The molecule has 0 spiro atoms. The van der Waals surface area contributed by atoms with E-state index < -0.39 is 6.04 Å². The smallest absolute Gasteiger partial charge is 0.255 e. The predicted octanol–water partition coefficient (Wildman–Crippen LogP) is 5.61. The number of allylic oxidation sites excluding steroid dienone is 1. The third kappa shape index (κ3) is 4.15. The third-order valence-electron chi connectivity index (χ3n) is 5.82. The number of hydrogen-bond donors (Lipinski definition) is 2. The molecule has 170 valence electrons. The van der Waals surface area contributed by atoms with Crippen molar-refractivity contribution in [2.45, 2.75) is 26.8 Å². The summed E-state index contributed by atoms with van der Waals surface area (Å²) in [6, 6.07) is 22.8. The largest absolute Gasteiger partial charge is 0.457 e. The topological polar surface area (TPSA) is 81.1 Å². The lowest BCUT2D eigenvalue weighted by atomic mass is 9.94. The molecule has 1 unspecified atom stereocenters. The van der Waals surface area contributed by atoms with Crippen LogP contribution in [0.25, 0.3) is 0 Å². The molecule has 7 nitrogen and oxygen atoms in total. The van der Waals surface area contributed by atoms with Gasteiger partial charge in [0, 0.05) is 11.4 Å². The Morgan fingerprint density at radius 3 is 2.56 bits per heavy atom. The number of hydrogen-bond acceptors (Lipinski definition) is 5. The highest BCUT2D eigenvalue weighted by Gasteiger charge is 2.33. The van der Waals surface area contributed by atoms with Crippen LogP contribution < -0.4 is 15.4 Å². The number of benzene rings is 3. The van der Waals surface area contributed by atoms with Crippen LogP contribution in [0.3, 0.4) is 0 Å². The number of ether oxygens (including phenoxy) is 1. The maximum Gasteiger partial charge on any atom is 0.255 e. The van der Waals surface area contributed by atoms with Crippen molar-refractivity contribution in [1.82, 2.24) is 14.8 Å². The Hall–Kier alpha value is -4.39. The number of para-hydroxylation sites is 1. The van der Waals surface area contributed by atoms with Crippen molar-refractivity contribution in [2.75, 3.05) is 10.6 Å². The van der Waals surface area contributed by atoms with Crippen LogP contribution in [0.15, 0.2) is 90.4 Å². The number of aromatic nitrogens is 3. The van der Waals surface area contributed by atoms with Crippen LogP contribution in [0.4, 0.5) is 11.6 Å². The van der Waals surface area contributed by atoms with E-state index in [-0.39, 0.29) is 5.91 Å². The van der Waals surface area contributed by atoms with E-state index in [1.165, 1.54) is 6.33 Å². The minimum Gasteiger partial charge on any atom is -0.457 e. The van der Waals surface area contributed by atoms with Gasteiger partial charge in [0.05, 0.1) is 5.57 Å². The summed E-state index contributed by atoms with van der Waals surface area (Å²) in [4.78, 5) is 17.9. The fourth-order valence-electron chi connectivity index (χ4n) is 4.21. The highest BCUT2D eigenvalue weighted by Crippen LogP contribution is 2.37. The first kappa shape index (κ1) is 21.5. The fourth-order valence-corrected chi connectivity index (χ4v) is 4.21. The zero-order valence-electron chi connectivity index (χ0n) is 19.2. The van der Waals surface area contributed by atoms with Crippen LogP contribution in [-0.2, 0) is 4.79 Å². The molecule has 0 saturated heterocycles. The summed E-state index contributed by atoms with van der Waals surface area (Å²) in [5.74, 6) is 1.80. The van der Waals surface area contributed by atoms with Crippen LogP contribution in [0.2, 0.25) is 0 Å². The average Bonchev–Trinajstić information content (AvgIpc) is 3.29. The third-order valence-corrected chi connectivity index (χ3v) is 5.82. The van der Waals surface area contributed by atoms with Crippen LogP contribution in [0, 0.1) is 13.8 Å². The van der Waals surface area contributed by atoms with Gasteiger partial charge in [-0.2, -0.15) is 10.1 Å². The van der Waals surface area contributed by atoms with Crippen molar-refractivity contribution < 1.29 is 9.53 Å². The summed E-state index contributed by atoms with van der Waals surface area (Å²) in [5, 5.41) is 10.7. The zero-order chi connectivity index (χ0) is 23.7. The number of amides is 1. The molecular weight excluding hydrogens is 426 g/mol.